The lowest BCUT2D eigenvalue weighted by molar-refractivity contribution is -0.132. The third-order valence-corrected chi connectivity index (χ3v) is 5.53. The Morgan fingerprint density at radius 3 is 2.43 bits per heavy atom. The van der Waals surface area contributed by atoms with Crippen molar-refractivity contribution in [3.63, 3.8) is 0 Å². The van der Waals surface area contributed by atoms with Crippen molar-refractivity contribution in [3.05, 3.63) is 0 Å². The molecule has 5 heteroatoms. The van der Waals surface area contributed by atoms with E-state index in [1.807, 2.05) is 4.90 Å². The fraction of sp³-hybridized carbons (Fsp3) is 0.938. The van der Waals surface area contributed by atoms with Gasteiger partial charge in [0.15, 0.2) is 0 Å². The molecule has 0 bridgehead atoms. The van der Waals surface area contributed by atoms with Crippen LogP contribution in [0.2, 0.25) is 0 Å². The summed E-state index contributed by atoms with van der Waals surface area (Å²) in [6, 6.07) is 0. The van der Waals surface area contributed by atoms with Gasteiger partial charge in [0.05, 0.1) is 0 Å². The highest BCUT2D eigenvalue weighted by atomic mass is 16.2. The molecule has 2 N–H and O–H groups in total. The summed E-state index contributed by atoms with van der Waals surface area (Å²) < 4.78 is 0. The van der Waals surface area contributed by atoms with Crippen molar-refractivity contribution < 1.29 is 4.79 Å². The van der Waals surface area contributed by atoms with E-state index in [2.05, 4.69) is 15.5 Å². The zero-order valence-corrected chi connectivity index (χ0v) is 13.2. The second-order valence-corrected chi connectivity index (χ2v) is 6.83. The molecule has 120 valence electrons. The molecule has 0 atom stereocenters. The molecule has 1 spiro atoms. The van der Waals surface area contributed by atoms with Crippen molar-refractivity contribution in [2.75, 3.05) is 52.4 Å². The van der Waals surface area contributed by atoms with E-state index in [9.17, 15) is 4.79 Å². The van der Waals surface area contributed by atoms with Crippen molar-refractivity contribution in [1.82, 2.24) is 20.4 Å². The molecule has 2 saturated heterocycles. The van der Waals surface area contributed by atoms with Crippen molar-refractivity contribution in [2.24, 2.45) is 0 Å². The molecule has 21 heavy (non-hydrogen) atoms. The summed E-state index contributed by atoms with van der Waals surface area (Å²) in [5, 5.41) is 6.89. The Balaban J connectivity index is 1.53. The van der Waals surface area contributed by atoms with Gasteiger partial charge in [-0.25, -0.2) is 0 Å². The van der Waals surface area contributed by atoms with E-state index >= 15 is 0 Å². The van der Waals surface area contributed by atoms with Gasteiger partial charge in [-0.3, -0.25) is 9.69 Å². The summed E-state index contributed by atoms with van der Waals surface area (Å²) in [7, 11) is 0. The maximum Gasteiger partial charge on any atom is 0.223 e. The minimum atomic E-state index is 0.347. The first-order valence-corrected chi connectivity index (χ1v) is 8.74. The average Bonchev–Trinajstić information content (AvgIpc) is 2.55. The van der Waals surface area contributed by atoms with Crippen LogP contribution >= 0.6 is 0 Å². The van der Waals surface area contributed by atoms with E-state index in [0.29, 0.717) is 17.9 Å². The molecule has 3 rings (SSSR count). The lowest BCUT2D eigenvalue weighted by Crippen LogP contribution is -2.62. The second-order valence-electron chi connectivity index (χ2n) is 6.83. The lowest BCUT2D eigenvalue weighted by Gasteiger charge is -2.50. The predicted octanol–water partition coefficient (Wildman–Crippen LogP) is 0.416. The Kier molecular flexibility index (Phi) is 5.14. The largest absolute Gasteiger partial charge is 0.340 e. The van der Waals surface area contributed by atoms with Crippen LogP contribution in [0.25, 0.3) is 0 Å². The molecule has 2 aliphatic heterocycles. The Morgan fingerprint density at radius 2 is 1.67 bits per heavy atom. The average molecular weight is 294 g/mol. The van der Waals surface area contributed by atoms with Gasteiger partial charge in [0.1, 0.15) is 0 Å². The molecule has 3 fully saturated rings. The van der Waals surface area contributed by atoms with Gasteiger partial charge in [0.2, 0.25) is 5.91 Å². The van der Waals surface area contributed by atoms with Gasteiger partial charge in [-0.05, 0) is 12.8 Å². The van der Waals surface area contributed by atoms with Crippen LogP contribution < -0.4 is 10.6 Å². The van der Waals surface area contributed by atoms with Crippen molar-refractivity contribution in [1.29, 1.82) is 0 Å². The fourth-order valence-electron chi connectivity index (χ4n) is 4.24. The molecule has 0 aromatic rings. The van der Waals surface area contributed by atoms with Crippen LogP contribution in [0.3, 0.4) is 0 Å². The minimum absolute atomic E-state index is 0.347. The molecule has 0 unspecified atom stereocenters. The Bertz CT molecular complexity index is 340. The maximum atomic E-state index is 12.4. The van der Waals surface area contributed by atoms with E-state index in [-0.39, 0.29) is 0 Å². The third kappa shape index (κ3) is 3.58. The SMILES string of the molecule is O=C(CCN1CCNCC12CCCCC2)N1CCNCC1. The van der Waals surface area contributed by atoms with Gasteiger partial charge < -0.3 is 15.5 Å². The maximum absolute atomic E-state index is 12.4. The van der Waals surface area contributed by atoms with E-state index < -0.39 is 0 Å². The molecule has 1 saturated carbocycles. The standard InChI is InChI=1S/C16H30N4O/c21-15(19-11-7-17-8-12-19)4-10-20-13-9-18-14-16(20)5-2-1-3-6-16/h17-18H,1-14H2. The number of hydrogen-bond donors (Lipinski definition) is 2. The zero-order valence-electron chi connectivity index (χ0n) is 13.2. The Labute approximate surface area is 128 Å². The molecule has 1 aliphatic carbocycles. The normalized spacial score (nSPS) is 27.0. The number of rotatable bonds is 3. The van der Waals surface area contributed by atoms with Gasteiger partial charge in [-0.1, -0.05) is 19.3 Å². The number of carbonyl (C=O) groups excluding carboxylic acids is 1. The topological polar surface area (TPSA) is 47.6 Å². The molecule has 3 aliphatic rings. The highest BCUT2D eigenvalue weighted by molar-refractivity contribution is 5.76. The van der Waals surface area contributed by atoms with E-state index in [0.717, 1.165) is 52.4 Å². The highest BCUT2D eigenvalue weighted by Gasteiger charge is 2.39. The summed E-state index contributed by atoms with van der Waals surface area (Å²) >= 11 is 0. The first-order chi connectivity index (χ1) is 10.3. The summed E-state index contributed by atoms with van der Waals surface area (Å²) in [5.41, 5.74) is 0.347. The number of carbonyl (C=O) groups is 1. The quantitative estimate of drug-likeness (QED) is 0.792. The summed E-state index contributed by atoms with van der Waals surface area (Å²) in [4.78, 5) is 17.0. The van der Waals surface area contributed by atoms with Crippen LogP contribution in [0.4, 0.5) is 0 Å². The van der Waals surface area contributed by atoms with Crippen LogP contribution in [-0.4, -0.2) is 73.6 Å². The molecular weight excluding hydrogens is 264 g/mol. The number of nitrogens with zero attached hydrogens (tertiary/aromatic N) is 2. The molecule has 2 heterocycles. The summed E-state index contributed by atoms with van der Waals surface area (Å²) in [5.74, 6) is 0.348. The fourth-order valence-corrected chi connectivity index (χ4v) is 4.24. The predicted molar refractivity (Wildman–Crippen MR) is 84.3 cm³/mol. The Hall–Kier alpha value is -0.650. The number of hydrogen-bond acceptors (Lipinski definition) is 4. The molecule has 1 amide bonds. The van der Waals surface area contributed by atoms with Crippen molar-refractivity contribution >= 4 is 5.91 Å². The Morgan fingerprint density at radius 1 is 0.952 bits per heavy atom. The monoisotopic (exact) mass is 294 g/mol. The molecule has 0 aromatic heterocycles. The second kappa shape index (κ2) is 7.07. The van der Waals surface area contributed by atoms with Gasteiger partial charge in [-0.2, -0.15) is 0 Å². The lowest BCUT2D eigenvalue weighted by atomic mass is 9.79. The first-order valence-electron chi connectivity index (χ1n) is 8.74. The molecule has 0 radical (unpaired) electrons. The van der Waals surface area contributed by atoms with E-state index in [4.69, 9.17) is 0 Å². The number of amides is 1. The van der Waals surface area contributed by atoms with Crippen LogP contribution in [-0.2, 0) is 4.79 Å². The zero-order chi connectivity index (χ0) is 14.5. The van der Waals surface area contributed by atoms with Crippen LogP contribution in [0.15, 0.2) is 0 Å². The highest BCUT2D eigenvalue weighted by Crippen LogP contribution is 2.34. The minimum Gasteiger partial charge on any atom is -0.340 e. The molecule has 5 nitrogen and oxygen atoms in total. The van der Waals surface area contributed by atoms with Gasteiger partial charge in [0.25, 0.3) is 0 Å². The van der Waals surface area contributed by atoms with Crippen molar-refractivity contribution in [3.8, 4) is 0 Å². The van der Waals surface area contributed by atoms with Gasteiger partial charge in [0, 0.05) is 64.3 Å². The molecular formula is C16H30N4O. The third-order valence-electron chi connectivity index (χ3n) is 5.53. The summed E-state index contributed by atoms with van der Waals surface area (Å²) in [6.07, 6.45) is 7.40. The van der Waals surface area contributed by atoms with Gasteiger partial charge in [-0.15, -0.1) is 0 Å². The van der Waals surface area contributed by atoms with Crippen LogP contribution in [0, 0.1) is 0 Å². The van der Waals surface area contributed by atoms with E-state index in [1.165, 1.54) is 32.1 Å². The smallest absolute Gasteiger partial charge is 0.223 e. The number of nitrogens with one attached hydrogen (secondary N) is 2. The van der Waals surface area contributed by atoms with Crippen LogP contribution in [0.5, 0.6) is 0 Å². The van der Waals surface area contributed by atoms with E-state index in [1.54, 1.807) is 0 Å². The molecule has 0 aromatic carbocycles. The first kappa shape index (κ1) is 15.3. The summed E-state index contributed by atoms with van der Waals surface area (Å²) in [6.45, 7) is 7.90. The number of piperazine rings is 2. The van der Waals surface area contributed by atoms with Gasteiger partial charge >= 0.3 is 0 Å². The van der Waals surface area contributed by atoms with Crippen molar-refractivity contribution in [2.45, 2.75) is 44.1 Å². The van der Waals surface area contributed by atoms with Crippen LogP contribution in [0.1, 0.15) is 38.5 Å².